The second-order valence-corrected chi connectivity index (χ2v) is 11.5. The molecule has 1 amide bonds. The Morgan fingerprint density at radius 2 is 1.88 bits per heavy atom. The molecule has 1 saturated heterocycles. The summed E-state index contributed by atoms with van der Waals surface area (Å²) in [5, 5.41) is 3.91. The molecule has 0 atom stereocenters. The van der Waals surface area contributed by atoms with Crippen molar-refractivity contribution in [2.75, 3.05) is 30.3 Å². The third-order valence-corrected chi connectivity index (χ3v) is 8.56. The summed E-state index contributed by atoms with van der Waals surface area (Å²) in [6.45, 7) is 6.01. The third-order valence-electron chi connectivity index (χ3n) is 6.12. The quantitative estimate of drug-likeness (QED) is 0.506. The van der Waals surface area contributed by atoms with Crippen molar-refractivity contribution in [1.82, 2.24) is 20.0 Å². The van der Waals surface area contributed by atoms with Crippen LogP contribution in [0.3, 0.4) is 0 Å². The van der Waals surface area contributed by atoms with Gasteiger partial charge in [0.2, 0.25) is 15.9 Å². The summed E-state index contributed by atoms with van der Waals surface area (Å²) >= 11 is 1.68. The van der Waals surface area contributed by atoms with Gasteiger partial charge in [0.15, 0.2) is 0 Å². The number of amides is 1. The number of carbonyl (C=O) groups excluding carboxylic acids is 1. The average Bonchev–Trinajstić information content (AvgIpc) is 3.12. The number of sulfonamides is 1. The zero-order valence-corrected chi connectivity index (χ0v) is 20.5. The number of piperidine rings is 1. The molecule has 8 nitrogen and oxygen atoms in total. The smallest absolute Gasteiger partial charge is 0.223 e. The lowest BCUT2D eigenvalue weighted by atomic mass is 9.95. The van der Waals surface area contributed by atoms with Crippen molar-refractivity contribution in [3.63, 3.8) is 0 Å². The number of aryl methyl sites for hydroxylation is 2. The largest absolute Gasteiger partial charge is 0.356 e. The fourth-order valence-corrected chi connectivity index (χ4v) is 5.96. The molecule has 3 aromatic rings. The van der Waals surface area contributed by atoms with Crippen LogP contribution >= 0.6 is 11.3 Å². The maximum Gasteiger partial charge on any atom is 0.223 e. The van der Waals surface area contributed by atoms with Crippen molar-refractivity contribution in [3.8, 4) is 0 Å². The van der Waals surface area contributed by atoms with Crippen LogP contribution in [0.1, 0.15) is 28.8 Å². The van der Waals surface area contributed by atoms with Crippen LogP contribution in [0.4, 0.5) is 5.82 Å². The Labute approximate surface area is 198 Å². The number of hydrogen-bond acceptors (Lipinski definition) is 7. The number of fused-ring (bicyclic) bond motifs is 1. The molecule has 1 aliphatic rings. The molecule has 1 aliphatic heterocycles. The Balaban J connectivity index is 1.25. The standard InChI is InChI=1S/C23H29N5O3S2/c1-16-17(2)32-23-20(16)21(25-15-26-23)28-11-8-19(9-12-28)22(29)24-10-13-33(30,31)27-14-18-6-4-3-5-7-18/h3-7,15,19,27H,8-14H2,1-2H3,(H,24,29). The number of thiophene rings is 1. The van der Waals surface area contributed by atoms with E-state index in [9.17, 15) is 13.2 Å². The zero-order chi connectivity index (χ0) is 23.4. The molecule has 33 heavy (non-hydrogen) atoms. The van der Waals surface area contributed by atoms with Gasteiger partial charge in [-0.25, -0.2) is 23.1 Å². The molecule has 4 rings (SSSR count). The number of anilines is 1. The van der Waals surface area contributed by atoms with Crippen molar-refractivity contribution in [2.24, 2.45) is 5.92 Å². The first-order valence-electron chi connectivity index (χ1n) is 11.1. The van der Waals surface area contributed by atoms with E-state index in [1.807, 2.05) is 30.3 Å². The average molecular weight is 488 g/mol. The predicted octanol–water partition coefficient (Wildman–Crippen LogP) is 2.76. The van der Waals surface area contributed by atoms with E-state index in [-0.39, 0.29) is 30.7 Å². The summed E-state index contributed by atoms with van der Waals surface area (Å²) in [6.07, 6.45) is 3.02. The summed E-state index contributed by atoms with van der Waals surface area (Å²) in [5.74, 6) is 0.601. The van der Waals surface area contributed by atoms with Crippen molar-refractivity contribution in [2.45, 2.75) is 33.2 Å². The molecule has 0 spiro atoms. The van der Waals surface area contributed by atoms with E-state index in [1.165, 1.54) is 10.4 Å². The molecule has 10 heteroatoms. The number of rotatable bonds is 8. The topological polar surface area (TPSA) is 104 Å². The number of benzene rings is 1. The van der Waals surface area contributed by atoms with E-state index in [4.69, 9.17) is 0 Å². The Hall–Kier alpha value is -2.56. The second kappa shape index (κ2) is 10.1. The molecule has 176 valence electrons. The fourth-order valence-electron chi connectivity index (χ4n) is 4.07. The minimum atomic E-state index is -3.46. The minimum Gasteiger partial charge on any atom is -0.356 e. The van der Waals surface area contributed by atoms with Gasteiger partial charge < -0.3 is 10.2 Å². The summed E-state index contributed by atoms with van der Waals surface area (Å²) in [6, 6.07) is 9.35. The molecule has 0 saturated carbocycles. The van der Waals surface area contributed by atoms with Crippen molar-refractivity contribution >= 4 is 43.3 Å². The second-order valence-electron chi connectivity index (χ2n) is 8.34. The fraction of sp³-hybridized carbons (Fsp3) is 0.435. The van der Waals surface area contributed by atoms with E-state index in [2.05, 4.69) is 38.8 Å². The Morgan fingerprint density at radius 1 is 1.15 bits per heavy atom. The minimum absolute atomic E-state index is 0.0803. The van der Waals surface area contributed by atoms with Crippen LogP contribution in [0.25, 0.3) is 10.2 Å². The van der Waals surface area contributed by atoms with Gasteiger partial charge >= 0.3 is 0 Å². The first kappa shape index (κ1) is 23.6. The van der Waals surface area contributed by atoms with Crippen LogP contribution in [0, 0.1) is 19.8 Å². The number of carbonyl (C=O) groups is 1. The summed E-state index contributed by atoms with van der Waals surface area (Å²) in [4.78, 5) is 26.0. The van der Waals surface area contributed by atoms with E-state index in [1.54, 1.807) is 17.7 Å². The van der Waals surface area contributed by atoms with E-state index >= 15 is 0 Å². The van der Waals surface area contributed by atoms with Gasteiger partial charge in [0.1, 0.15) is 17.0 Å². The highest BCUT2D eigenvalue weighted by Crippen LogP contribution is 2.35. The maximum absolute atomic E-state index is 12.6. The summed E-state index contributed by atoms with van der Waals surface area (Å²) < 4.78 is 27.0. The molecular weight excluding hydrogens is 458 g/mol. The summed E-state index contributed by atoms with van der Waals surface area (Å²) in [7, 11) is -3.46. The van der Waals surface area contributed by atoms with Gasteiger partial charge in [0.05, 0.1) is 11.1 Å². The molecule has 0 aliphatic carbocycles. The molecule has 3 heterocycles. The number of hydrogen-bond donors (Lipinski definition) is 2. The normalized spacial score (nSPS) is 15.2. The molecule has 2 aromatic heterocycles. The maximum atomic E-state index is 12.6. The Bertz CT molecular complexity index is 1220. The van der Waals surface area contributed by atoms with E-state index < -0.39 is 10.0 Å². The number of nitrogens with one attached hydrogen (secondary N) is 2. The van der Waals surface area contributed by atoms with Crippen LogP contribution in [0.2, 0.25) is 0 Å². The van der Waals surface area contributed by atoms with Crippen LogP contribution in [0.15, 0.2) is 36.7 Å². The zero-order valence-electron chi connectivity index (χ0n) is 18.9. The van der Waals surface area contributed by atoms with Gasteiger partial charge in [-0.3, -0.25) is 4.79 Å². The molecule has 2 N–H and O–H groups in total. The molecule has 1 aromatic carbocycles. The van der Waals surface area contributed by atoms with Gasteiger partial charge in [0.25, 0.3) is 0 Å². The highest BCUT2D eigenvalue weighted by Gasteiger charge is 2.27. The van der Waals surface area contributed by atoms with Crippen molar-refractivity contribution < 1.29 is 13.2 Å². The van der Waals surface area contributed by atoms with Gasteiger partial charge in [-0.1, -0.05) is 30.3 Å². The first-order valence-corrected chi connectivity index (χ1v) is 13.6. The van der Waals surface area contributed by atoms with Crippen LogP contribution in [-0.2, 0) is 21.4 Å². The predicted molar refractivity (Wildman–Crippen MR) is 132 cm³/mol. The van der Waals surface area contributed by atoms with E-state index in [0.717, 1.165) is 34.7 Å². The highest BCUT2D eigenvalue weighted by atomic mass is 32.2. The van der Waals surface area contributed by atoms with Crippen LogP contribution in [-0.4, -0.2) is 49.7 Å². The number of nitrogens with zero attached hydrogens (tertiary/aromatic N) is 3. The lowest BCUT2D eigenvalue weighted by molar-refractivity contribution is -0.125. The molecule has 0 bridgehead atoms. The molecule has 1 fully saturated rings. The molecule has 0 unspecified atom stereocenters. The van der Waals surface area contributed by atoms with Gasteiger partial charge in [-0.15, -0.1) is 11.3 Å². The van der Waals surface area contributed by atoms with E-state index in [0.29, 0.717) is 12.8 Å². The van der Waals surface area contributed by atoms with Gasteiger partial charge in [-0.05, 0) is 37.8 Å². The monoisotopic (exact) mass is 487 g/mol. The highest BCUT2D eigenvalue weighted by molar-refractivity contribution is 7.89. The first-order chi connectivity index (χ1) is 15.8. The Morgan fingerprint density at radius 3 is 2.61 bits per heavy atom. The van der Waals surface area contributed by atoms with Crippen LogP contribution < -0.4 is 14.9 Å². The van der Waals surface area contributed by atoms with Gasteiger partial charge in [-0.2, -0.15) is 0 Å². The Kier molecular flexibility index (Phi) is 7.26. The number of aromatic nitrogens is 2. The molecular formula is C23H29N5O3S2. The third kappa shape index (κ3) is 5.69. The van der Waals surface area contributed by atoms with Gasteiger partial charge in [0, 0.05) is 37.0 Å². The molecule has 0 radical (unpaired) electrons. The van der Waals surface area contributed by atoms with Crippen molar-refractivity contribution in [3.05, 3.63) is 52.7 Å². The lowest BCUT2D eigenvalue weighted by Crippen LogP contribution is -2.42. The summed E-state index contributed by atoms with van der Waals surface area (Å²) in [5.41, 5.74) is 2.11. The van der Waals surface area contributed by atoms with Crippen LogP contribution in [0.5, 0.6) is 0 Å². The lowest BCUT2D eigenvalue weighted by Gasteiger charge is -2.32. The SMILES string of the molecule is Cc1sc2ncnc(N3CCC(C(=O)NCCS(=O)(=O)NCc4ccccc4)CC3)c2c1C. The van der Waals surface area contributed by atoms with Crippen molar-refractivity contribution in [1.29, 1.82) is 0 Å².